The molecule has 0 aromatic carbocycles. The molecule has 19 heavy (non-hydrogen) atoms. The van der Waals surface area contributed by atoms with Crippen molar-refractivity contribution in [2.75, 3.05) is 13.6 Å². The molecule has 2 nitrogen and oxygen atoms in total. The highest BCUT2D eigenvalue weighted by Gasteiger charge is 2.53. The van der Waals surface area contributed by atoms with Crippen LogP contribution in [0.1, 0.15) is 51.9 Å². The van der Waals surface area contributed by atoms with Crippen molar-refractivity contribution in [1.29, 1.82) is 0 Å². The number of hydrogen-bond donors (Lipinski definition) is 1. The molecule has 0 heterocycles. The highest BCUT2D eigenvalue weighted by Crippen LogP contribution is 2.58. The van der Waals surface area contributed by atoms with Crippen LogP contribution in [0.4, 0.5) is 0 Å². The summed E-state index contributed by atoms with van der Waals surface area (Å²) in [6.45, 7) is 3.61. The second kappa shape index (κ2) is 4.73. The fourth-order valence-corrected chi connectivity index (χ4v) is 5.61. The summed E-state index contributed by atoms with van der Waals surface area (Å²) in [4.78, 5) is 2.60. The summed E-state index contributed by atoms with van der Waals surface area (Å²) in [6.07, 6.45) is 10.5. The van der Waals surface area contributed by atoms with E-state index in [0.717, 1.165) is 35.8 Å². The molecule has 0 amide bonds. The molecule has 4 saturated carbocycles. The minimum Gasteiger partial charge on any atom is -0.312 e. The molecular formula is C17H30N2. The summed E-state index contributed by atoms with van der Waals surface area (Å²) in [7, 11) is 2.32. The van der Waals surface area contributed by atoms with Crippen LogP contribution in [0.2, 0.25) is 0 Å². The molecule has 0 aromatic heterocycles. The molecular weight excluding hydrogens is 232 g/mol. The van der Waals surface area contributed by atoms with Gasteiger partial charge in [0.25, 0.3) is 0 Å². The van der Waals surface area contributed by atoms with Crippen molar-refractivity contribution >= 4 is 0 Å². The van der Waals surface area contributed by atoms with Gasteiger partial charge in [0.05, 0.1) is 0 Å². The lowest BCUT2D eigenvalue weighted by molar-refractivity contribution is 0.186. The van der Waals surface area contributed by atoms with Crippen LogP contribution in [0.5, 0.6) is 0 Å². The van der Waals surface area contributed by atoms with Crippen molar-refractivity contribution in [3.05, 3.63) is 0 Å². The summed E-state index contributed by atoms with van der Waals surface area (Å²) in [6, 6.07) is 2.47. The van der Waals surface area contributed by atoms with Gasteiger partial charge in [0.2, 0.25) is 0 Å². The molecule has 6 unspecified atom stereocenters. The van der Waals surface area contributed by atoms with E-state index < -0.39 is 0 Å². The molecule has 0 aliphatic heterocycles. The Hall–Kier alpha value is -0.0800. The van der Waals surface area contributed by atoms with Crippen LogP contribution >= 0.6 is 0 Å². The summed E-state index contributed by atoms with van der Waals surface area (Å²) in [5.41, 5.74) is 0. The first-order valence-electron chi connectivity index (χ1n) is 8.69. The maximum Gasteiger partial charge on any atom is 0.0192 e. The predicted molar refractivity (Wildman–Crippen MR) is 79.1 cm³/mol. The normalized spacial score (nSPS) is 45.9. The van der Waals surface area contributed by atoms with Gasteiger partial charge in [-0.25, -0.2) is 0 Å². The Morgan fingerprint density at radius 3 is 2.63 bits per heavy atom. The molecule has 0 spiro atoms. The number of hydrogen-bond acceptors (Lipinski definition) is 2. The third kappa shape index (κ3) is 2.15. The van der Waals surface area contributed by atoms with Crippen molar-refractivity contribution in [3.63, 3.8) is 0 Å². The fourth-order valence-electron chi connectivity index (χ4n) is 5.61. The summed E-state index contributed by atoms with van der Waals surface area (Å²) < 4.78 is 0. The van der Waals surface area contributed by atoms with Gasteiger partial charge in [-0.05, 0) is 76.2 Å². The van der Waals surface area contributed by atoms with Crippen molar-refractivity contribution in [3.8, 4) is 0 Å². The van der Waals surface area contributed by atoms with Gasteiger partial charge >= 0.3 is 0 Å². The van der Waals surface area contributed by atoms with Crippen LogP contribution in [-0.2, 0) is 0 Å². The van der Waals surface area contributed by atoms with Gasteiger partial charge in [-0.2, -0.15) is 0 Å². The van der Waals surface area contributed by atoms with Crippen molar-refractivity contribution in [2.24, 2.45) is 23.7 Å². The summed E-state index contributed by atoms with van der Waals surface area (Å²) >= 11 is 0. The number of nitrogens with one attached hydrogen (secondary N) is 1. The molecule has 108 valence electrons. The Kier molecular flexibility index (Phi) is 3.15. The van der Waals surface area contributed by atoms with Gasteiger partial charge in [0, 0.05) is 24.7 Å². The van der Waals surface area contributed by atoms with E-state index >= 15 is 0 Å². The Labute approximate surface area is 118 Å². The minimum absolute atomic E-state index is 0.714. The summed E-state index contributed by atoms with van der Waals surface area (Å²) in [5, 5.41) is 3.95. The van der Waals surface area contributed by atoms with Crippen LogP contribution in [0.25, 0.3) is 0 Å². The maximum absolute atomic E-state index is 3.95. The number of likely N-dealkylation sites (N-methyl/N-ethyl adjacent to an activating group) is 1. The quantitative estimate of drug-likeness (QED) is 0.819. The van der Waals surface area contributed by atoms with Crippen molar-refractivity contribution in [2.45, 2.75) is 70.0 Å². The zero-order valence-electron chi connectivity index (χ0n) is 12.6. The molecule has 6 atom stereocenters. The number of rotatable bonds is 5. The second-order valence-electron chi connectivity index (χ2n) is 7.91. The first-order valence-corrected chi connectivity index (χ1v) is 8.69. The first-order chi connectivity index (χ1) is 9.24. The van der Waals surface area contributed by atoms with Crippen molar-refractivity contribution in [1.82, 2.24) is 10.2 Å². The van der Waals surface area contributed by atoms with E-state index in [2.05, 4.69) is 24.2 Å². The highest BCUT2D eigenvalue weighted by atomic mass is 15.2. The van der Waals surface area contributed by atoms with E-state index in [1.807, 2.05) is 0 Å². The van der Waals surface area contributed by atoms with E-state index in [1.165, 1.54) is 32.2 Å². The van der Waals surface area contributed by atoms with E-state index in [9.17, 15) is 0 Å². The summed E-state index contributed by atoms with van der Waals surface area (Å²) in [5.74, 6) is 4.37. The van der Waals surface area contributed by atoms with Gasteiger partial charge in [0.1, 0.15) is 0 Å². The minimum atomic E-state index is 0.714. The van der Waals surface area contributed by atoms with Gasteiger partial charge in [0.15, 0.2) is 0 Å². The molecule has 2 heteroatoms. The molecule has 0 radical (unpaired) electrons. The molecule has 4 rings (SSSR count). The number of nitrogens with zero attached hydrogens (tertiary/aromatic N) is 1. The monoisotopic (exact) mass is 262 g/mol. The van der Waals surface area contributed by atoms with Gasteiger partial charge in [-0.15, -0.1) is 0 Å². The van der Waals surface area contributed by atoms with E-state index in [0.29, 0.717) is 6.04 Å². The fraction of sp³-hybridized carbons (Fsp3) is 1.00. The van der Waals surface area contributed by atoms with Crippen LogP contribution in [0.15, 0.2) is 0 Å². The largest absolute Gasteiger partial charge is 0.312 e. The average molecular weight is 262 g/mol. The van der Waals surface area contributed by atoms with E-state index in [-0.39, 0.29) is 0 Å². The molecule has 4 aliphatic carbocycles. The van der Waals surface area contributed by atoms with Gasteiger partial charge in [-0.3, -0.25) is 4.90 Å². The van der Waals surface area contributed by atoms with Crippen LogP contribution in [0, 0.1) is 23.7 Å². The maximum atomic E-state index is 3.95. The zero-order valence-corrected chi connectivity index (χ0v) is 12.6. The Balaban J connectivity index is 1.30. The predicted octanol–water partition coefficient (Wildman–Crippen LogP) is 2.88. The van der Waals surface area contributed by atoms with Gasteiger partial charge in [-0.1, -0.05) is 6.42 Å². The SMILES string of the molecule is CC(CNC1CC2CC1C1CCCC21)N(C)C1CC1. The van der Waals surface area contributed by atoms with Crippen LogP contribution in [0.3, 0.4) is 0 Å². The van der Waals surface area contributed by atoms with Crippen LogP contribution in [-0.4, -0.2) is 36.6 Å². The standard InChI is InChI=1S/C17H30N2/c1-11(19(2)13-6-7-13)10-18-17-9-12-8-16(17)15-5-3-4-14(12)15/h11-18H,3-10H2,1-2H3. The first kappa shape index (κ1) is 12.6. The smallest absolute Gasteiger partial charge is 0.0192 e. The topological polar surface area (TPSA) is 15.3 Å². The van der Waals surface area contributed by atoms with Crippen LogP contribution < -0.4 is 5.32 Å². The number of fused-ring (bicyclic) bond motifs is 5. The molecule has 0 aromatic rings. The second-order valence-corrected chi connectivity index (χ2v) is 7.91. The highest BCUT2D eigenvalue weighted by molar-refractivity contribution is 5.05. The Morgan fingerprint density at radius 2 is 1.84 bits per heavy atom. The Morgan fingerprint density at radius 1 is 1.05 bits per heavy atom. The Bertz CT molecular complexity index is 338. The molecule has 1 N–H and O–H groups in total. The van der Waals surface area contributed by atoms with Gasteiger partial charge < -0.3 is 5.32 Å². The van der Waals surface area contributed by atoms with E-state index in [4.69, 9.17) is 0 Å². The molecule has 0 saturated heterocycles. The third-order valence-electron chi connectivity index (χ3n) is 6.92. The lowest BCUT2D eigenvalue weighted by atomic mass is 9.79. The third-order valence-corrected chi connectivity index (χ3v) is 6.92. The molecule has 4 aliphatic rings. The van der Waals surface area contributed by atoms with E-state index in [1.54, 1.807) is 19.3 Å². The molecule has 2 bridgehead atoms. The molecule has 4 fully saturated rings. The lowest BCUT2D eigenvalue weighted by Gasteiger charge is -2.34. The zero-order chi connectivity index (χ0) is 13.0. The van der Waals surface area contributed by atoms with Crippen molar-refractivity contribution < 1.29 is 0 Å². The average Bonchev–Trinajstić information content (AvgIpc) is 2.87. The lowest BCUT2D eigenvalue weighted by Crippen LogP contribution is -2.46.